The average Bonchev–Trinajstić information content (AvgIpc) is 2.41. The van der Waals surface area contributed by atoms with Gasteiger partial charge in [-0.1, -0.05) is 41.4 Å². The second-order valence-corrected chi connectivity index (χ2v) is 5.43. The Morgan fingerprint density at radius 3 is 2.53 bits per heavy atom. The van der Waals surface area contributed by atoms with Crippen molar-refractivity contribution in [3.63, 3.8) is 0 Å². The van der Waals surface area contributed by atoms with Crippen LogP contribution in [0.1, 0.15) is 5.56 Å². The molecule has 0 aromatic heterocycles. The molecule has 0 atom stereocenters. The number of rotatable bonds is 4. The summed E-state index contributed by atoms with van der Waals surface area (Å²) >= 11 is 15.0. The lowest BCUT2D eigenvalue weighted by atomic mass is 10.2. The van der Waals surface area contributed by atoms with Gasteiger partial charge in [0.1, 0.15) is 5.82 Å². The molecule has 0 amide bonds. The van der Waals surface area contributed by atoms with Gasteiger partial charge in [0, 0.05) is 27.3 Å². The zero-order valence-corrected chi connectivity index (χ0v) is 12.8. The first kappa shape index (κ1) is 14.6. The maximum atomic E-state index is 13.9. The van der Waals surface area contributed by atoms with E-state index in [0.717, 1.165) is 5.69 Å². The molecule has 19 heavy (non-hydrogen) atoms. The summed E-state index contributed by atoms with van der Waals surface area (Å²) in [5.41, 5.74) is 7.04. The van der Waals surface area contributed by atoms with Crippen molar-refractivity contribution in [3.05, 3.63) is 62.3 Å². The van der Waals surface area contributed by atoms with Crippen LogP contribution in [0, 0.1) is 5.82 Å². The molecule has 6 heteroatoms. The van der Waals surface area contributed by atoms with Gasteiger partial charge >= 0.3 is 0 Å². The minimum Gasteiger partial charge on any atom is -0.321 e. The molecule has 0 bridgehead atoms. The van der Waals surface area contributed by atoms with E-state index in [1.165, 1.54) is 0 Å². The SMILES string of the molecule is Fc1c(Cl)c(Br)cc(Cl)c1CNNc1ccccc1. The molecule has 0 radical (unpaired) electrons. The minimum absolute atomic E-state index is 0.0286. The molecule has 2 N–H and O–H groups in total. The molecular weight excluding hydrogens is 354 g/mol. The number of para-hydroxylation sites is 1. The van der Waals surface area contributed by atoms with Gasteiger partial charge in [0.05, 0.1) is 5.02 Å². The highest BCUT2D eigenvalue weighted by atomic mass is 79.9. The molecule has 2 rings (SSSR count). The van der Waals surface area contributed by atoms with Crippen LogP contribution in [-0.4, -0.2) is 0 Å². The zero-order valence-electron chi connectivity index (χ0n) is 9.68. The van der Waals surface area contributed by atoms with E-state index in [0.29, 0.717) is 15.1 Å². The molecule has 0 fully saturated rings. The van der Waals surface area contributed by atoms with E-state index in [1.807, 2.05) is 30.3 Å². The molecule has 0 saturated heterocycles. The van der Waals surface area contributed by atoms with Gasteiger partial charge in [0.2, 0.25) is 0 Å². The molecule has 0 aliphatic carbocycles. The Morgan fingerprint density at radius 1 is 1.16 bits per heavy atom. The van der Waals surface area contributed by atoms with Gasteiger partial charge < -0.3 is 5.43 Å². The van der Waals surface area contributed by atoms with Crippen LogP contribution in [-0.2, 0) is 6.54 Å². The lowest BCUT2D eigenvalue weighted by Crippen LogP contribution is -2.21. The van der Waals surface area contributed by atoms with Crippen molar-refractivity contribution in [1.82, 2.24) is 5.43 Å². The van der Waals surface area contributed by atoms with Gasteiger partial charge in [-0.05, 0) is 34.1 Å². The van der Waals surface area contributed by atoms with E-state index in [2.05, 4.69) is 26.8 Å². The van der Waals surface area contributed by atoms with Gasteiger partial charge in [0.15, 0.2) is 0 Å². The van der Waals surface area contributed by atoms with Crippen LogP contribution in [0.3, 0.4) is 0 Å². The molecule has 0 aliphatic heterocycles. The Balaban J connectivity index is 2.06. The number of anilines is 1. The topological polar surface area (TPSA) is 24.1 Å². The predicted molar refractivity (Wildman–Crippen MR) is 81.0 cm³/mol. The molecule has 0 aliphatic rings. The van der Waals surface area contributed by atoms with Gasteiger partial charge in [-0.2, -0.15) is 0 Å². The van der Waals surface area contributed by atoms with Crippen LogP contribution < -0.4 is 10.9 Å². The Hall–Kier alpha value is -0.810. The summed E-state index contributed by atoms with van der Waals surface area (Å²) in [6.07, 6.45) is 0. The third-order valence-electron chi connectivity index (χ3n) is 2.48. The van der Waals surface area contributed by atoms with E-state index in [-0.39, 0.29) is 11.6 Å². The fourth-order valence-electron chi connectivity index (χ4n) is 1.52. The molecule has 0 unspecified atom stereocenters. The number of halogens is 4. The summed E-state index contributed by atoms with van der Waals surface area (Å²) in [6, 6.07) is 11.1. The highest BCUT2D eigenvalue weighted by molar-refractivity contribution is 9.10. The number of benzene rings is 2. The number of hydrazine groups is 1. The molecule has 2 aromatic carbocycles. The summed E-state index contributed by atoms with van der Waals surface area (Å²) in [6.45, 7) is 0.215. The Kier molecular flexibility index (Phi) is 5.05. The number of nitrogens with one attached hydrogen (secondary N) is 2. The first-order chi connectivity index (χ1) is 9.09. The van der Waals surface area contributed by atoms with E-state index in [1.54, 1.807) is 6.07 Å². The quantitative estimate of drug-likeness (QED) is 0.453. The largest absolute Gasteiger partial charge is 0.321 e. The zero-order chi connectivity index (χ0) is 13.8. The summed E-state index contributed by atoms with van der Waals surface area (Å²) in [5.74, 6) is -0.525. The Bertz CT molecular complexity index is 579. The maximum absolute atomic E-state index is 13.9. The van der Waals surface area contributed by atoms with E-state index >= 15 is 0 Å². The first-order valence-electron chi connectivity index (χ1n) is 5.45. The van der Waals surface area contributed by atoms with Gasteiger partial charge in [-0.3, -0.25) is 0 Å². The van der Waals surface area contributed by atoms with Crippen molar-refractivity contribution in [2.45, 2.75) is 6.54 Å². The second kappa shape index (κ2) is 6.57. The van der Waals surface area contributed by atoms with Crippen molar-refractivity contribution in [2.24, 2.45) is 0 Å². The van der Waals surface area contributed by atoms with Crippen molar-refractivity contribution >= 4 is 44.8 Å². The number of hydrogen-bond donors (Lipinski definition) is 2. The predicted octanol–water partition coefficient (Wildman–Crippen LogP) is 5.01. The van der Waals surface area contributed by atoms with Crippen LogP contribution in [0.2, 0.25) is 10.0 Å². The summed E-state index contributed by atoms with van der Waals surface area (Å²) < 4.78 is 14.4. The monoisotopic (exact) mass is 362 g/mol. The van der Waals surface area contributed by atoms with Crippen molar-refractivity contribution in [3.8, 4) is 0 Å². The van der Waals surface area contributed by atoms with Crippen LogP contribution in [0.25, 0.3) is 0 Å². The Labute approximate surface area is 129 Å². The van der Waals surface area contributed by atoms with Crippen LogP contribution in [0.4, 0.5) is 10.1 Å². The Morgan fingerprint density at radius 2 is 1.84 bits per heavy atom. The summed E-state index contributed by atoms with van der Waals surface area (Å²) in [4.78, 5) is 0. The number of hydrogen-bond acceptors (Lipinski definition) is 2. The minimum atomic E-state index is -0.525. The first-order valence-corrected chi connectivity index (χ1v) is 7.00. The third kappa shape index (κ3) is 3.60. The van der Waals surface area contributed by atoms with Crippen molar-refractivity contribution < 1.29 is 4.39 Å². The molecular formula is C13H10BrCl2FN2. The van der Waals surface area contributed by atoms with Gasteiger partial charge in [0.25, 0.3) is 0 Å². The lowest BCUT2D eigenvalue weighted by Gasteiger charge is -2.12. The fourth-order valence-corrected chi connectivity index (χ4v) is 2.48. The highest BCUT2D eigenvalue weighted by Crippen LogP contribution is 2.32. The third-order valence-corrected chi connectivity index (χ3v) is 4.04. The lowest BCUT2D eigenvalue weighted by molar-refractivity contribution is 0.600. The average molecular weight is 364 g/mol. The van der Waals surface area contributed by atoms with Crippen LogP contribution >= 0.6 is 39.1 Å². The normalized spacial score (nSPS) is 10.5. The summed E-state index contributed by atoms with van der Waals surface area (Å²) in [5, 5.41) is 0.344. The van der Waals surface area contributed by atoms with E-state index in [4.69, 9.17) is 23.2 Å². The molecule has 100 valence electrons. The van der Waals surface area contributed by atoms with E-state index in [9.17, 15) is 4.39 Å². The molecule has 2 aromatic rings. The van der Waals surface area contributed by atoms with Crippen molar-refractivity contribution in [2.75, 3.05) is 5.43 Å². The van der Waals surface area contributed by atoms with E-state index < -0.39 is 5.82 Å². The smallest absolute Gasteiger partial charge is 0.148 e. The van der Waals surface area contributed by atoms with Crippen LogP contribution in [0.5, 0.6) is 0 Å². The van der Waals surface area contributed by atoms with Gasteiger partial charge in [-0.25, -0.2) is 9.82 Å². The van der Waals surface area contributed by atoms with Crippen LogP contribution in [0.15, 0.2) is 40.9 Å². The maximum Gasteiger partial charge on any atom is 0.148 e. The molecule has 0 heterocycles. The summed E-state index contributed by atoms with van der Waals surface area (Å²) in [7, 11) is 0. The highest BCUT2D eigenvalue weighted by Gasteiger charge is 2.14. The molecule has 2 nitrogen and oxygen atoms in total. The van der Waals surface area contributed by atoms with Gasteiger partial charge in [-0.15, -0.1) is 0 Å². The standard InChI is InChI=1S/C13H10BrCl2FN2/c14-10-6-11(15)9(13(17)12(10)16)7-18-19-8-4-2-1-3-5-8/h1-6,18-19H,7H2. The second-order valence-electron chi connectivity index (χ2n) is 3.79. The fraction of sp³-hybridized carbons (Fsp3) is 0.0769. The molecule has 0 saturated carbocycles. The van der Waals surface area contributed by atoms with Crippen molar-refractivity contribution in [1.29, 1.82) is 0 Å². The molecule has 0 spiro atoms.